The molecule has 2 aromatic rings. The van der Waals surface area contributed by atoms with E-state index in [2.05, 4.69) is 31.8 Å². The zero-order valence-electron chi connectivity index (χ0n) is 12.0. The minimum absolute atomic E-state index is 0.832. The average molecular weight is 269 g/mol. The van der Waals surface area contributed by atoms with Gasteiger partial charge in [-0.3, -0.25) is 14.9 Å². The Kier molecular flexibility index (Phi) is 3.69. The summed E-state index contributed by atoms with van der Waals surface area (Å²) in [6.45, 7) is 6.78. The highest BCUT2D eigenvalue weighted by Gasteiger charge is 2.18. The molecule has 3 rings (SSSR count). The molecule has 0 saturated heterocycles. The number of rotatable bonds is 3. The van der Waals surface area contributed by atoms with Crippen LogP contribution in [0.4, 0.5) is 0 Å². The lowest BCUT2D eigenvalue weighted by atomic mass is 10.1. The average Bonchev–Trinajstić information content (AvgIpc) is 2.49. The van der Waals surface area contributed by atoms with Gasteiger partial charge in [0.25, 0.3) is 0 Å². The lowest BCUT2D eigenvalue weighted by Crippen LogP contribution is -2.31. The topological polar surface area (TPSA) is 54.8 Å². The molecule has 0 fully saturated rings. The van der Waals surface area contributed by atoms with E-state index in [0.29, 0.717) is 0 Å². The molecule has 5 heteroatoms. The van der Waals surface area contributed by atoms with Crippen molar-refractivity contribution in [3.8, 4) is 0 Å². The number of hydrogen-bond donors (Lipinski definition) is 0. The first-order valence-corrected chi connectivity index (χ1v) is 7.08. The SMILES string of the molecule is CCc1ncc2c(n1)CN(Cc1cnc(C)cn1)CC2. The Morgan fingerprint density at radius 3 is 2.80 bits per heavy atom. The van der Waals surface area contributed by atoms with E-state index in [1.807, 2.05) is 25.5 Å². The van der Waals surface area contributed by atoms with Crippen LogP contribution in [0.2, 0.25) is 0 Å². The van der Waals surface area contributed by atoms with Crippen LogP contribution in [0.3, 0.4) is 0 Å². The molecule has 0 saturated carbocycles. The molecule has 0 bridgehead atoms. The Morgan fingerprint density at radius 1 is 1.15 bits per heavy atom. The monoisotopic (exact) mass is 269 g/mol. The van der Waals surface area contributed by atoms with Crippen LogP contribution < -0.4 is 0 Å². The van der Waals surface area contributed by atoms with E-state index in [1.165, 1.54) is 11.3 Å². The highest BCUT2D eigenvalue weighted by molar-refractivity contribution is 5.20. The molecule has 0 aromatic carbocycles. The fraction of sp³-hybridized carbons (Fsp3) is 0.467. The second-order valence-electron chi connectivity index (χ2n) is 5.22. The first kappa shape index (κ1) is 13.1. The molecule has 20 heavy (non-hydrogen) atoms. The minimum Gasteiger partial charge on any atom is -0.291 e. The maximum Gasteiger partial charge on any atom is 0.128 e. The molecule has 3 heterocycles. The van der Waals surface area contributed by atoms with Gasteiger partial charge in [0, 0.05) is 44.6 Å². The maximum absolute atomic E-state index is 4.65. The van der Waals surface area contributed by atoms with Crippen LogP contribution in [0.15, 0.2) is 18.6 Å². The van der Waals surface area contributed by atoms with Crippen molar-refractivity contribution in [1.29, 1.82) is 0 Å². The predicted molar refractivity (Wildman–Crippen MR) is 76.0 cm³/mol. The van der Waals surface area contributed by atoms with Crippen molar-refractivity contribution >= 4 is 0 Å². The standard InChI is InChI=1S/C15H19N5/c1-3-15-18-7-12-4-5-20(10-14(12)19-15)9-13-8-16-11(2)6-17-13/h6-8H,3-5,9-10H2,1-2H3. The molecule has 1 aliphatic rings. The first-order chi connectivity index (χ1) is 9.74. The molecular weight excluding hydrogens is 250 g/mol. The summed E-state index contributed by atoms with van der Waals surface area (Å²) in [7, 11) is 0. The van der Waals surface area contributed by atoms with Crippen LogP contribution in [-0.2, 0) is 25.9 Å². The van der Waals surface area contributed by atoms with E-state index in [1.54, 1.807) is 0 Å². The molecule has 2 aromatic heterocycles. The summed E-state index contributed by atoms with van der Waals surface area (Å²) in [5.74, 6) is 0.931. The van der Waals surface area contributed by atoms with Crippen LogP contribution in [0, 0.1) is 6.92 Å². The van der Waals surface area contributed by atoms with Crippen molar-refractivity contribution in [3.63, 3.8) is 0 Å². The van der Waals surface area contributed by atoms with Gasteiger partial charge in [-0.15, -0.1) is 0 Å². The maximum atomic E-state index is 4.65. The van der Waals surface area contributed by atoms with Crippen molar-refractivity contribution in [2.24, 2.45) is 0 Å². The van der Waals surface area contributed by atoms with Crippen LogP contribution in [0.25, 0.3) is 0 Å². The number of hydrogen-bond acceptors (Lipinski definition) is 5. The second kappa shape index (κ2) is 5.63. The molecule has 0 radical (unpaired) electrons. The van der Waals surface area contributed by atoms with Crippen molar-refractivity contribution in [2.45, 2.75) is 39.8 Å². The van der Waals surface area contributed by atoms with E-state index in [-0.39, 0.29) is 0 Å². The summed E-state index contributed by atoms with van der Waals surface area (Å²) in [5.41, 5.74) is 4.43. The van der Waals surface area contributed by atoms with Gasteiger partial charge >= 0.3 is 0 Å². The van der Waals surface area contributed by atoms with Crippen LogP contribution in [0.5, 0.6) is 0 Å². The number of fused-ring (bicyclic) bond motifs is 1. The van der Waals surface area contributed by atoms with E-state index in [9.17, 15) is 0 Å². The lowest BCUT2D eigenvalue weighted by molar-refractivity contribution is 0.237. The Hall–Kier alpha value is -1.88. The third-order valence-corrected chi connectivity index (χ3v) is 3.61. The van der Waals surface area contributed by atoms with Crippen LogP contribution in [0.1, 0.15) is 35.4 Å². The fourth-order valence-electron chi connectivity index (χ4n) is 2.43. The van der Waals surface area contributed by atoms with Gasteiger partial charge in [0.05, 0.1) is 17.1 Å². The highest BCUT2D eigenvalue weighted by Crippen LogP contribution is 2.18. The van der Waals surface area contributed by atoms with Crippen molar-refractivity contribution in [3.05, 3.63) is 47.1 Å². The van der Waals surface area contributed by atoms with Crippen molar-refractivity contribution in [1.82, 2.24) is 24.8 Å². The van der Waals surface area contributed by atoms with Gasteiger partial charge in [0.2, 0.25) is 0 Å². The summed E-state index contributed by atoms with van der Waals surface area (Å²) in [6, 6.07) is 0. The quantitative estimate of drug-likeness (QED) is 0.849. The summed E-state index contributed by atoms with van der Waals surface area (Å²) in [6.07, 6.45) is 7.58. The largest absolute Gasteiger partial charge is 0.291 e. The number of aromatic nitrogens is 4. The molecule has 1 aliphatic heterocycles. The molecule has 104 valence electrons. The number of aryl methyl sites for hydroxylation is 2. The van der Waals surface area contributed by atoms with Crippen LogP contribution >= 0.6 is 0 Å². The van der Waals surface area contributed by atoms with Gasteiger partial charge in [-0.1, -0.05) is 6.92 Å². The Bertz CT molecular complexity index is 594. The Labute approximate surface area is 119 Å². The van der Waals surface area contributed by atoms with E-state index >= 15 is 0 Å². The van der Waals surface area contributed by atoms with Crippen molar-refractivity contribution < 1.29 is 0 Å². The third kappa shape index (κ3) is 2.82. The Balaban J connectivity index is 1.73. The van der Waals surface area contributed by atoms with E-state index in [4.69, 9.17) is 0 Å². The smallest absolute Gasteiger partial charge is 0.128 e. The highest BCUT2D eigenvalue weighted by atomic mass is 15.1. The van der Waals surface area contributed by atoms with E-state index < -0.39 is 0 Å². The van der Waals surface area contributed by atoms with Gasteiger partial charge in [-0.25, -0.2) is 9.97 Å². The molecule has 5 nitrogen and oxygen atoms in total. The van der Waals surface area contributed by atoms with Crippen molar-refractivity contribution in [2.75, 3.05) is 6.54 Å². The minimum atomic E-state index is 0.832. The predicted octanol–water partition coefficient (Wildman–Crippen LogP) is 1.70. The molecule has 0 atom stereocenters. The second-order valence-corrected chi connectivity index (χ2v) is 5.22. The van der Waals surface area contributed by atoms with Gasteiger partial charge in [-0.2, -0.15) is 0 Å². The molecule has 0 amide bonds. The van der Waals surface area contributed by atoms with Gasteiger partial charge in [0.1, 0.15) is 5.82 Å². The summed E-state index contributed by atoms with van der Waals surface area (Å²) < 4.78 is 0. The Morgan fingerprint density at radius 2 is 2.05 bits per heavy atom. The van der Waals surface area contributed by atoms with Crippen LogP contribution in [-0.4, -0.2) is 31.4 Å². The zero-order chi connectivity index (χ0) is 13.9. The molecule has 0 spiro atoms. The van der Waals surface area contributed by atoms with Gasteiger partial charge in [-0.05, 0) is 18.9 Å². The van der Waals surface area contributed by atoms with E-state index in [0.717, 1.165) is 49.7 Å². The molecule has 0 N–H and O–H groups in total. The first-order valence-electron chi connectivity index (χ1n) is 7.08. The molecule has 0 unspecified atom stereocenters. The normalized spacial score (nSPS) is 15.1. The fourth-order valence-corrected chi connectivity index (χ4v) is 2.43. The van der Waals surface area contributed by atoms with Gasteiger partial charge in [0.15, 0.2) is 0 Å². The third-order valence-electron chi connectivity index (χ3n) is 3.61. The summed E-state index contributed by atoms with van der Waals surface area (Å²) in [4.78, 5) is 20.1. The number of nitrogens with zero attached hydrogens (tertiary/aromatic N) is 5. The zero-order valence-corrected chi connectivity index (χ0v) is 12.0. The lowest BCUT2D eigenvalue weighted by Gasteiger charge is -2.27. The summed E-state index contributed by atoms with van der Waals surface area (Å²) in [5, 5.41) is 0. The molecular formula is C15H19N5. The summed E-state index contributed by atoms with van der Waals surface area (Å²) >= 11 is 0. The van der Waals surface area contributed by atoms with Gasteiger partial charge < -0.3 is 0 Å². The molecule has 0 aliphatic carbocycles.